The quantitative estimate of drug-likeness (QED) is 0.246. The first-order valence-electron chi connectivity index (χ1n) is 11.4. The molecular weight excluding hydrogens is 557 g/mol. The van der Waals surface area contributed by atoms with Crippen LogP contribution in [0.3, 0.4) is 0 Å². The van der Waals surface area contributed by atoms with Crippen molar-refractivity contribution in [3.8, 4) is 5.75 Å². The van der Waals surface area contributed by atoms with Gasteiger partial charge in [0, 0.05) is 15.9 Å². The van der Waals surface area contributed by atoms with Crippen molar-refractivity contribution < 1.29 is 13.9 Å². The third-order valence-electron chi connectivity index (χ3n) is 5.93. The Balaban J connectivity index is 1.50. The molecule has 3 aromatic carbocycles. The zero-order valence-corrected chi connectivity index (χ0v) is 22.4. The topological polar surface area (TPSA) is 81.1 Å². The molecular formula is C27H23BrFN5O2S. The summed E-state index contributed by atoms with van der Waals surface area (Å²) in [6.45, 7) is 1.84. The molecule has 1 amide bonds. The molecule has 4 aromatic rings. The zero-order valence-electron chi connectivity index (χ0n) is 20.0. The number of anilines is 2. The molecule has 0 unspecified atom stereocenters. The summed E-state index contributed by atoms with van der Waals surface area (Å²) >= 11 is 4.82. The van der Waals surface area contributed by atoms with E-state index in [4.69, 9.17) is 9.84 Å². The van der Waals surface area contributed by atoms with Crippen molar-refractivity contribution in [2.45, 2.75) is 23.9 Å². The minimum absolute atomic E-state index is 0.266. The van der Waals surface area contributed by atoms with Crippen LogP contribution in [-0.2, 0) is 10.5 Å². The molecule has 7 nitrogen and oxygen atoms in total. The van der Waals surface area contributed by atoms with Gasteiger partial charge in [-0.05, 0) is 48.4 Å². The summed E-state index contributed by atoms with van der Waals surface area (Å²) in [4.78, 5) is 18.3. The molecule has 37 heavy (non-hydrogen) atoms. The smallest absolute Gasteiger partial charge is 0.255 e. The van der Waals surface area contributed by atoms with Gasteiger partial charge in [-0.15, -0.1) is 5.10 Å². The normalized spacial score (nSPS) is 14.6. The van der Waals surface area contributed by atoms with Crippen LogP contribution in [0.1, 0.15) is 24.1 Å². The van der Waals surface area contributed by atoms with Crippen LogP contribution in [0.2, 0.25) is 0 Å². The summed E-state index contributed by atoms with van der Waals surface area (Å²) in [6, 6.07) is 21.1. The monoisotopic (exact) mass is 579 g/mol. The molecule has 10 heteroatoms. The Bertz CT molecular complexity index is 1490. The number of benzene rings is 3. The van der Waals surface area contributed by atoms with E-state index in [1.54, 1.807) is 42.1 Å². The molecule has 0 fully saturated rings. The number of carbonyl (C=O) groups excluding carboxylic acids is 1. The van der Waals surface area contributed by atoms with Gasteiger partial charge in [-0.1, -0.05) is 70.2 Å². The Kier molecular flexibility index (Phi) is 7.29. The van der Waals surface area contributed by atoms with E-state index in [0.29, 0.717) is 45.1 Å². The highest BCUT2D eigenvalue weighted by atomic mass is 79.9. The number of methoxy groups -OCH3 is 1. The number of rotatable bonds is 7. The lowest BCUT2D eigenvalue weighted by molar-refractivity contribution is -0.113. The Hall–Kier alpha value is -3.63. The first kappa shape index (κ1) is 25.0. The maximum atomic E-state index is 14.1. The van der Waals surface area contributed by atoms with Gasteiger partial charge >= 0.3 is 0 Å². The van der Waals surface area contributed by atoms with Gasteiger partial charge in [-0.2, -0.15) is 4.98 Å². The summed E-state index contributed by atoms with van der Waals surface area (Å²) in [6.07, 6.45) is 0. The Morgan fingerprint density at radius 3 is 2.62 bits per heavy atom. The van der Waals surface area contributed by atoms with E-state index in [1.165, 1.54) is 17.8 Å². The van der Waals surface area contributed by atoms with Crippen molar-refractivity contribution >= 4 is 45.2 Å². The van der Waals surface area contributed by atoms with Gasteiger partial charge in [0.15, 0.2) is 0 Å². The molecule has 1 aliphatic rings. The van der Waals surface area contributed by atoms with Crippen LogP contribution in [0.15, 0.2) is 93.7 Å². The van der Waals surface area contributed by atoms with Crippen molar-refractivity contribution in [1.29, 1.82) is 0 Å². The van der Waals surface area contributed by atoms with Crippen LogP contribution in [0.25, 0.3) is 0 Å². The highest BCUT2D eigenvalue weighted by Gasteiger charge is 2.34. The summed E-state index contributed by atoms with van der Waals surface area (Å²) in [5.41, 5.74) is 3.16. The SMILES string of the molecule is COc1ccccc1NC(=O)C1=C(C)Nc2nc(SCc3ccccc3F)nn2[C@@H]1c1ccc(Br)cc1. The van der Waals surface area contributed by atoms with Crippen LogP contribution in [0.5, 0.6) is 5.75 Å². The van der Waals surface area contributed by atoms with E-state index >= 15 is 0 Å². The first-order chi connectivity index (χ1) is 17.9. The van der Waals surface area contributed by atoms with E-state index < -0.39 is 6.04 Å². The van der Waals surface area contributed by atoms with Crippen LogP contribution in [0.4, 0.5) is 16.0 Å². The lowest BCUT2D eigenvalue weighted by Crippen LogP contribution is -2.31. The number of fused-ring (bicyclic) bond motifs is 1. The maximum absolute atomic E-state index is 14.1. The Morgan fingerprint density at radius 1 is 1.14 bits per heavy atom. The summed E-state index contributed by atoms with van der Waals surface area (Å²) in [5, 5.41) is 11.4. The van der Waals surface area contributed by atoms with Gasteiger partial charge in [0.2, 0.25) is 11.1 Å². The maximum Gasteiger partial charge on any atom is 0.255 e. The predicted octanol–water partition coefficient (Wildman–Crippen LogP) is 6.41. The second-order valence-electron chi connectivity index (χ2n) is 8.31. The average Bonchev–Trinajstić information content (AvgIpc) is 3.30. The summed E-state index contributed by atoms with van der Waals surface area (Å²) in [5.74, 6) is 0.899. The molecule has 2 N–H and O–H groups in total. The van der Waals surface area contributed by atoms with Gasteiger partial charge in [0.25, 0.3) is 5.91 Å². The number of nitrogens with zero attached hydrogens (tertiary/aromatic N) is 3. The molecule has 0 aliphatic carbocycles. The second kappa shape index (κ2) is 10.8. The van der Waals surface area contributed by atoms with Crippen molar-refractivity contribution in [2.75, 3.05) is 17.7 Å². The minimum atomic E-state index is -0.533. The Labute approximate surface area is 226 Å². The number of hydrogen-bond acceptors (Lipinski definition) is 6. The van der Waals surface area contributed by atoms with Gasteiger partial charge in [0.1, 0.15) is 17.6 Å². The van der Waals surface area contributed by atoms with E-state index in [1.807, 2.05) is 43.3 Å². The van der Waals surface area contributed by atoms with E-state index in [0.717, 1.165) is 10.0 Å². The van der Waals surface area contributed by atoms with E-state index in [-0.39, 0.29) is 11.7 Å². The lowest BCUT2D eigenvalue weighted by atomic mass is 9.95. The largest absolute Gasteiger partial charge is 0.495 e. The van der Waals surface area contributed by atoms with Crippen molar-refractivity contribution in [2.24, 2.45) is 0 Å². The van der Waals surface area contributed by atoms with Crippen molar-refractivity contribution in [3.63, 3.8) is 0 Å². The number of aromatic nitrogens is 3. The van der Waals surface area contributed by atoms with E-state index in [9.17, 15) is 9.18 Å². The third kappa shape index (κ3) is 5.26. The van der Waals surface area contributed by atoms with Gasteiger partial charge in [0.05, 0.1) is 18.4 Å². The lowest BCUT2D eigenvalue weighted by Gasteiger charge is -2.28. The van der Waals surface area contributed by atoms with Gasteiger partial charge in [-0.25, -0.2) is 9.07 Å². The number of amides is 1. The fourth-order valence-corrected chi connectivity index (χ4v) is 5.21. The second-order valence-corrected chi connectivity index (χ2v) is 10.2. The fraction of sp³-hybridized carbons (Fsp3) is 0.148. The number of allylic oxidation sites excluding steroid dienone is 1. The number of carbonyl (C=O) groups is 1. The number of halogens is 2. The molecule has 0 radical (unpaired) electrons. The van der Waals surface area contributed by atoms with Crippen LogP contribution < -0.4 is 15.4 Å². The molecule has 188 valence electrons. The van der Waals surface area contributed by atoms with Crippen LogP contribution in [0, 0.1) is 5.82 Å². The molecule has 5 rings (SSSR count). The highest BCUT2D eigenvalue weighted by Crippen LogP contribution is 2.38. The Morgan fingerprint density at radius 2 is 1.86 bits per heavy atom. The van der Waals surface area contributed by atoms with Crippen molar-refractivity contribution in [1.82, 2.24) is 14.8 Å². The molecule has 0 spiro atoms. The van der Waals surface area contributed by atoms with Gasteiger partial charge in [-0.3, -0.25) is 4.79 Å². The molecule has 1 aliphatic heterocycles. The molecule has 1 atom stereocenters. The highest BCUT2D eigenvalue weighted by molar-refractivity contribution is 9.10. The number of para-hydroxylation sites is 2. The van der Waals surface area contributed by atoms with E-state index in [2.05, 4.69) is 31.5 Å². The van der Waals surface area contributed by atoms with Crippen molar-refractivity contribution in [3.05, 3.63) is 105 Å². The number of hydrogen-bond donors (Lipinski definition) is 2. The third-order valence-corrected chi connectivity index (χ3v) is 7.35. The molecule has 0 saturated heterocycles. The van der Waals surface area contributed by atoms with Gasteiger partial charge < -0.3 is 15.4 Å². The molecule has 0 saturated carbocycles. The number of thioether (sulfide) groups is 1. The summed E-state index contributed by atoms with van der Waals surface area (Å²) in [7, 11) is 1.56. The predicted molar refractivity (Wildman–Crippen MR) is 146 cm³/mol. The molecule has 2 heterocycles. The minimum Gasteiger partial charge on any atom is -0.495 e. The standard InChI is InChI=1S/C27H23BrFN5O2S/c1-16-23(25(35)31-21-9-5-6-10-22(21)36-2)24(17-11-13-19(28)14-12-17)34-26(30-16)32-27(33-34)37-15-18-7-3-4-8-20(18)29/h3-14,24H,15H2,1-2H3,(H,31,35)(H,30,32,33)/t24-/m1/s1. The fourth-order valence-electron chi connectivity index (χ4n) is 4.14. The average molecular weight is 580 g/mol. The van der Waals surface area contributed by atoms with Crippen LogP contribution >= 0.6 is 27.7 Å². The zero-order chi connectivity index (χ0) is 25.9. The first-order valence-corrected chi connectivity index (χ1v) is 13.2. The molecule has 1 aromatic heterocycles. The van der Waals surface area contributed by atoms with Crippen LogP contribution in [-0.4, -0.2) is 27.8 Å². The number of ether oxygens (including phenoxy) is 1. The molecule has 0 bridgehead atoms. The summed E-state index contributed by atoms with van der Waals surface area (Å²) < 4.78 is 22.2. The number of nitrogens with one attached hydrogen (secondary N) is 2.